The maximum Gasteiger partial charge on any atom is 0.205 e. The molecule has 98 valence electrons. The summed E-state index contributed by atoms with van der Waals surface area (Å²) in [5.74, 6) is 0.503. The molecule has 0 aliphatic carbocycles. The van der Waals surface area contributed by atoms with Crippen LogP contribution in [0.25, 0.3) is 17.1 Å². The van der Waals surface area contributed by atoms with E-state index in [9.17, 15) is 4.79 Å². The molecular weight excluding hydrogens is 252 g/mol. The van der Waals surface area contributed by atoms with Gasteiger partial charge in [-0.15, -0.1) is 15.0 Å². The molecule has 1 aromatic heterocycles. The van der Waals surface area contributed by atoms with Crippen molar-refractivity contribution >= 4 is 5.78 Å². The second kappa shape index (κ2) is 5.05. The van der Waals surface area contributed by atoms with Crippen LogP contribution in [0, 0.1) is 0 Å². The van der Waals surface area contributed by atoms with Crippen molar-refractivity contribution in [3.05, 3.63) is 60.2 Å². The Bertz CT molecular complexity index is 749. The number of para-hydroxylation sites is 1. The van der Waals surface area contributed by atoms with Gasteiger partial charge in [0.15, 0.2) is 5.78 Å². The highest BCUT2D eigenvalue weighted by Gasteiger charge is 2.12. The molecular formula is C15H12N4O. The molecule has 0 saturated heterocycles. The Hall–Kier alpha value is -2.82. The Morgan fingerprint density at radius 2 is 1.70 bits per heavy atom. The summed E-state index contributed by atoms with van der Waals surface area (Å²) >= 11 is 0. The highest BCUT2D eigenvalue weighted by Crippen LogP contribution is 2.16. The lowest BCUT2D eigenvalue weighted by Crippen LogP contribution is -2.06. The van der Waals surface area contributed by atoms with Crippen molar-refractivity contribution in [1.82, 2.24) is 20.2 Å². The number of hydrogen-bond donors (Lipinski definition) is 0. The van der Waals surface area contributed by atoms with Gasteiger partial charge < -0.3 is 0 Å². The first-order valence-corrected chi connectivity index (χ1v) is 6.21. The molecule has 0 spiro atoms. The smallest absolute Gasteiger partial charge is 0.205 e. The molecule has 0 N–H and O–H groups in total. The van der Waals surface area contributed by atoms with E-state index in [0.717, 1.165) is 5.56 Å². The van der Waals surface area contributed by atoms with Crippen molar-refractivity contribution in [3.8, 4) is 17.1 Å². The van der Waals surface area contributed by atoms with E-state index in [2.05, 4.69) is 15.4 Å². The molecule has 3 rings (SSSR count). The van der Waals surface area contributed by atoms with Gasteiger partial charge in [0.25, 0.3) is 0 Å². The number of hydrogen-bond acceptors (Lipinski definition) is 4. The number of rotatable bonds is 3. The SMILES string of the molecule is CC(=O)c1ccccc1-n1nnc(-c2ccccc2)n1. The minimum Gasteiger partial charge on any atom is -0.294 e. The van der Waals surface area contributed by atoms with Crippen LogP contribution < -0.4 is 0 Å². The third kappa shape index (κ3) is 2.21. The summed E-state index contributed by atoms with van der Waals surface area (Å²) in [6, 6.07) is 16.8. The molecule has 0 fully saturated rings. The second-order valence-corrected chi connectivity index (χ2v) is 4.34. The fraction of sp³-hybridized carbons (Fsp3) is 0.0667. The van der Waals surface area contributed by atoms with Crippen LogP contribution in [-0.4, -0.2) is 26.0 Å². The maximum absolute atomic E-state index is 11.6. The zero-order valence-electron chi connectivity index (χ0n) is 10.9. The minimum absolute atomic E-state index is 0.0286. The van der Waals surface area contributed by atoms with Crippen molar-refractivity contribution in [2.45, 2.75) is 6.92 Å². The van der Waals surface area contributed by atoms with E-state index >= 15 is 0 Å². The fourth-order valence-corrected chi connectivity index (χ4v) is 1.96. The molecule has 0 unspecified atom stereocenters. The third-order valence-electron chi connectivity index (χ3n) is 2.94. The average molecular weight is 264 g/mol. The van der Waals surface area contributed by atoms with Gasteiger partial charge in [0.2, 0.25) is 5.82 Å². The van der Waals surface area contributed by atoms with Gasteiger partial charge in [-0.05, 0) is 24.3 Å². The van der Waals surface area contributed by atoms with Crippen LogP contribution in [0.3, 0.4) is 0 Å². The molecule has 0 aliphatic rings. The van der Waals surface area contributed by atoms with Crippen LogP contribution in [0.15, 0.2) is 54.6 Å². The normalized spacial score (nSPS) is 10.4. The number of tetrazole rings is 1. The van der Waals surface area contributed by atoms with Crippen molar-refractivity contribution in [1.29, 1.82) is 0 Å². The molecule has 3 aromatic rings. The number of ketones is 1. The number of nitrogens with zero attached hydrogens (tertiary/aromatic N) is 4. The van der Waals surface area contributed by atoms with Gasteiger partial charge in [-0.3, -0.25) is 4.79 Å². The van der Waals surface area contributed by atoms with Crippen LogP contribution in [0.5, 0.6) is 0 Å². The largest absolute Gasteiger partial charge is 0.294 e. The highest BCUT2D eigenvalue weighted by atomic mass is 16.1. The molecule has 5 heteroatoms. The van der Waals surface area contributed by atoms with Gasteiger partial charge in [-0.1, -0.05) is 42.5 Å². The van der Waals surface area contributed by atoms with Gasteiger partial charge >= 0.3 is 0 Å². The van der Waals surface area contributed by atoms with Crippen molar-refractivity contribution < 1.29 is 4.79 Å². The topological polar surface area (TPSA) is 60.7 Å². The van der Waals surface area contributed by atoms with E-state index in [1.54, 1.807) is 12.1 Å². The average Bonchev–Trinajstić information content (AvgIpc) is 2.98. The van der Waals surface area contributed by atoms with E-state index in [1.165, 1.54) is 11.7 Å². The van der Waals surface area contributed by atoms with Crippen LogP contribution in [0.2, 0.25) is 0 Å². The molecule has 0 aliphatic heterocycles. The second-order valence-electron chi connectivity index (χ2n) is 4.34. The van der Waals surface area contributed by atoms with Crippen LogP contribution in [0.4, 0.5) is 0 Å². The summed E-state index contributed by atoms with van der Waals surface area (Å²) in [5, 5.41) is 12.4. The first-order chi connectivity index (χ1) is 9.75. The molecule has 2 aromatic carbocycles. The summed E-state index contributed by atoms with van der Waals surface area (Å²) in [6.45, 7) is 1.52. The van der Waals surface area contributed by atoms with Gasteiger partial charge in [-0.25, -0.2) is 0 Å². The Labute approximate surface area is 115 Å². The Morgan fingerprint density at radius 1 is 1.00 bits per heavy atom. The lowest BCUT2D eigenvalue weighted by atomic mass is 10.1. The van der Waals surface area contributed by atoms with Crippen LogP contribution in [0.1, 0.15) is 17.3 Å². The summed E-state index contributed by atoms with van der Waals surface area (Å²) < 4.78 is 0. The summed E-state index contributed by atoms with van der Waals surface area (Å²) in [6.07, 6.45) is 0. The first-order valence-electron chi connectivity index (χ1n) is 6.21. The van der Waals surface area contributed by atoms with Crippen molar-refractivity contribution in [2.75, 3.05) is 0 Å². The van der Waals surface area contributed by atoms with E-state index < -0.39 is 0 Å². The molecule has 5 nitrogen and oxygen atoms in total. The maximum atomic E-state index is 11.6. The van der Waals surface area contributed by atoms with Crippen LogP contribution in [-0.2, 0) is 0 Å². The molecule has 20 heavy (non-hydrogen) atoms. The molecule has 0 saturated carbocycles. The standard InChI is InChI=1S/C15H12N4O/c1-11(20)13-9-5-6-10-14(13)19-17-15(16-18-19)12-7-3-2-4-8-12/h2-10H,1H3. The summed E-state index contributed by atoms with van der Waals surface area (Å²) in [7, 11) is 0. The number of carbonyl (C=O) groups excluding carboxylic acids is 1. The van der Waals surface area contributed by atoms with E-state index in [1.807, 2.05) is 42.5 Å². The molecule has 0 amide bonds. The van der Waals surface area contributed by atoms with Gasteiger partial charge in [-0.2, -0.15) is 0 Å². The predicted octanol–water partition coefficient (Wildman–Crippen LogP) is 2.53. The Balaban J connectivity index is 2.05. The van der Waals surface area contributed by atoms with Gasteiger partial charge in [0, 0.05) is 11.1 Å². The summed E-state index contributed by atoms with van der Waals surface area (Å²) in [4.78, 5) is 13.0. The van der Waals surface area contributed by atoms with Crippen molar-refractivity contribution in [2.24, 2.45) is 0 Å². The number of aromatic nitrogens is 4. The highest BCUT2D eigenvalue weighted by molar-refractivity contribution is 5.97. The van der Waals surface area contributed by atoms with Gasteiger partial charge in [0.05, 0.1) is 5.69 Å². The van der Waals surface area contributed by atoms with Crippen LogP contribution >= 0.6 is 0 Å². The van der Waals surface area contributed by atoms with E-state index in [0.29, 0.717) is 17.1 Å². The minimum atomic E-state index is -0.0286. The van der Waals surface area contributed by atoms with Gasteiger partial charge in [0.1, 0.15) is 0 Å². The molecule has 1 heterocycles. The zero-order chi connectivity index (χ0) is 13.9. The zero-order valence-corrected chi connectivity index (χ0v) is 10.9. The number of carbonyl (C=O) groups is 1. The quantitative estimate of drug-likeness (QED) is 0.682. The molecule has 0 radical (unpaired) electrons. The van der Waals surface area contributed by atoms with E-state index in [-0.39, 0.29) is 5.78 Å². The lowest BCUT2D eigenvalue weighted by molar-refractivity contribution is 0.101. The first kappa shape index (κ1) is 12.2. The van der Waals surface area contributed by atoms with E-state index in [4.69, 9.17) is 0 Å². The molecule has 0 atom stereocenters. The monoisotopic (exact) mass is 264 g/mol. The number of benzene rings is 2. The van der Waals surface area contributed by atoms with Crippen molar-refractivity contribution in [3.63, 3.8) is 0 Å². The third-order valence-corrected chi connectivity index (χ3v) is 2.94. The summed E-state index contributed by atoms with van der Waals surface area (Å²) in [5.41, 5.74) is 2.10. The Morgan fingerprint density at radius 3 is 2.45 bits per heavy atom. The number of Topliss-reactive ketones (excluding diaryl/α,β-unsaturated/α-hetero) is 1. The predicted molar refractivity (Wildman–Crippen MR) is 74.6 cm³/mol. The molecule has 0 bridgehead atoms. The Kier molecular flexibility index (Phi) is 3.09. The fourth-order valence-electron chi connectivity index (χ4n) is 1.96. The lowest BCUT2D eigenvalue weighted by Gasteiger charge is -2.03.